The predicted octanol–water partition coefficient (Wildman–Crippen LogP) is 0.261. The van der Waals surface area contributed by atoms with Gasteiger partial charge in [0.2, 0.25) is 5.91 Å². The molecule has 1 atom stereocenters. The summed E-state index contributed by atoms with van der Waals surface area (Å²) in [6.45, 7) is 2.18. The van der Waals surface area contributed by atoms with Crippen LogP contribution in [-0.2, 0) is 9.59 Å². The van der Waals surface area contributed by atoms with E-state index in [2.05, 4.69) is 4.90 Å². The Bertz CT molecular complexity index is 315. The van der Waals surface area contributed by atoms with Crippen molar-refractivity contribution in [2.24, 2.45) is 11.8 Å². The lowest BCUT2D eigenvalue weighted by Crippen LogP contribution is -2.41. The quantitative estimate of drug-likeness (QED) is 0.749. The van der Waals surface area contributed by atoms with Crippen molar-refractivity contribution in [3.05, 3.63) is 0 Å². The number of hydrogen-bond acceptors (Lipinski definition) is 3. The molecule has 1 amide bonds. The van der Waals surface area contributed by atoms with Crippen LogP contribution < -0.4 is 0 Å². The summed E-state index contributed by atoms with van der Waals surface area (Å²) in [5.74, 6) is -0.343. The fourth-order valence-electron chi connectivity index (χ4n) is 2.40. The Labute approximate surface area is 101 Å². The van der Waals surface area contributed by atoms with E-state index in [0.29, 0.717) is 12.5 Å². The number of nitrogens with zero attached hydrogens (tertiary/aromatic N) is 2. The highest BCUT2D eigenvalue weighted by atomic mass is 16.4. The molecule has 1 unspecified atom stereocenters. The van der Waals surface area contributed by atoms with Crippen molar-refractivity contribution in [2.75, 3.05) is 33.2 Å². The van der Waals surface area contributed by atoms with Gasteiger partial charge in [0, 0.05) is 13.1 Å². The number of carboxylic acids is 1. The maximum atomic E-state index is 12.2. The summed E-state index contributed by atoms with van der Waals surface area (Å²) in [6, 6.07) is 0. The maximum Gasteiger partial charge on any atom is 0.323 e. The van der Waals surface area contributed by atoms with Crippen LogP contribution >= 0.6 is 0 Å². The van der Waals surface area contributed by atoms with Gasteiger partial charge in [-0.2, -0.15) is 0 Å². The lowest BCUT2D eigenvalue weighted by molar-refractivity contribution is -0.146. The highest BCUT2D eigenvalue weighted by Gasteiger charge is 2.33. The van der Waals surface area contributed by atoms with Crippen LogP contribution in [0, 0.1) is 11.8 Å². The molecular weight excluding hydrogens is 220 g/mol. The summed E-state index contributed by atoms with van der Waals surface area (Å²) in [7, 11) is 2.00. The van der Waals surface area contributed by atoms with Crippen LogP contribution in [0.25, 0.3) is 0 Å². The topological polar surface area (TPSA) is 60.9 Å². The fraction of sp³-hybridized carbons (Fsp3) is 0.833. The number of carbonyl (C=O) groups excluding carboxylic acids is 1. The number of carboxylic acid groups (broad SMARTS) is 1. The molecule has 0 radical (unpaired) electrons. The first-order valence-electron chi connectivity index (χ1n) is 6.25. The molecule has 5 nitrogen and oxygen atoms in total. The molecule has 0 bridgehead atoms. The number of carbonyl (C=O) groups is 2. The molecule has 96 valence electrons. The van der Waals surface area contributed by atoms with Crippen LogP contribution in [0.3, 0.4) is 0 Å². The molecule has 2 aliphatic rings. The van der Waals surface area contributed by atoms with Gasteiger partial charge in [0.05, 0.1) is 5.92 Å². The molecule has 1 N–H and O–H groups in total. The Morgan fingerprint density at radius 2 is 2.06 bits per heavy atom. The second-order valence-electron chi connectivity index (χ2n) is 5.30. The summed E-state index contributed by atoms with van der Waals surface area (Å²) >= 11 is 0. The number of aliphatic carboxylic acids is 1. The Hall–Kier alpha value is -1.10. The average molecular weight is 240 g/mol. The average Bonchev–Trinajstić information content (AvgIpc) is 2.96. The largest absolute Gasteiger partial charge is 0.480 e. The van der Waals surface area contributed by atoms with Crippen LogP contribution in [-0.4, -0.2) is 60.0 Å². The van der Waals surface area contributed by atoms with Gasteiger partial charge in [0.1, 0.15) is 6.54 Å². The van der Waals surface area contributed by atoms with Crippen molar-refractivity contribution < 1.29 is 14.7 Å². The molecule has 1 heterocycles. The zero-order chi connectivity index (χ0) is 12.4. The summed E-state index contributed by atoms with van der Waals surface area (Å²) in [4.78, 5) is 26.7. The van der Waals surface area contributed by atoms with Gasteiger partial charge in [-0.05, 0) is 38.8 Å². The van der Waals surface area contributed by atoms with Crippen molar-refractivity contribution in [1.82, 2.24) is 9.80 Å². The van der Waals surface area contributed by atoms with Crippen LogP contribution in [0.1, 0.15) is 19.3 Å². The minimum absolute atomic E-state index is 0.00176. The third kappa shape index (κ3) is 3.43. The molecule has 0 aromatic rings. The van der Waals surface area contributed by atoms with E-state index in [0.717, 1.165) is 32.4 Å². The maximum absolute atomic E-state index is 12.2. The zero-order valence-corrected chi connectivity index (χ0v) is 10.3. The first-order chi connectivity index (χ1) is 8.06. The second kappa shape index (κ2) is 5.04. The van der Waals surface area contributed by atoms with Crippen molar-refractivity contribution in [3.63, 3.8) is 0 Å². The van der Waals surface area contributed by atoms with E-state index in [1.807, 2.05) is 7.05 Å². The molecule has 0 spiro atoms. The van der Waals surface area contributed by atoms with E-state index in [1.54, 1.807) is 4.90 Å². The number of rotatable bonds is 5. The minimum Gasteiger partial charge on any atom is -0.480 e. The first-order valence-corrected chi connectivity index (χ1v) is 6.25. The van der Waals surface area contributed by atoms with E-state index in [-0.39, 0.29) is 18.4 Å². The van der Waals surface area contributed by atoms with Gasteiger partial charge in [-0.3, -0.25) is 9.59 Å². The molecule has 2 fully saturated rings. The Morgan fingerprint density at radius 1 is 1.35 bits per heavy atom. The highest BCUT2D eigenvalue weighted by molar-refractivity contribution is 5.83. The van der Waals surface area contributed by atoms with Gasteiger partial charge < -0.3 is 14.9 Å². The standard InChI is InChI=1S/C12H20N2O3/c1-13-5-4-10(7-13)12(17)14(8-11(15)16)6-9-2-3-9/h9-10H,2-8H2,1H3,(H,15,16). The van der Waals surface area contributed by atoms with Gasteiger partial charge in [-0.1, -0.05) is 0 Å². The minimum atomic E-state index is -0.912. The smallest absolute Gasteiger partial charge is 0.323 e. The van der Waals surface area contributed by atoms with E-state index >= 15 is 0 Å². The molecule has 1 aliphatic carbocycles. The molecule has 1 saturated heterocycles. The fourth-order valence-corrected chi connectivity index (χ4v) is 2.40. The van der Waals surface area contributed by atoms with Gasteiger partial charge in [0.25, 0.3) is 0 Å². The van der Waals surface area contributed by atoms with Crippen LogP contribution in [0.5, 0.6) is 0 Å². The molecule has 1 saturated carbocycles. The molecule has 17 heavy (non-hydrogen) atoms. The second-order valence-corrected chi connectivity index (χ2v) is 5.30. The summed E-state index contributed by atoms with van der Waals surface area (Å²) in [5.41, 5.74) is 0. The predicted molar refractivity (Wildman–Crippen MR) is 62.5 cm³/mol. The molecule has 1 aliphatic heterocycles. The third-order valence-electron chi connectivity index (χ3n) is 3.55. The summed E-state index contributed by atoms with van der Waals surface area (Å²) in [5, 5.41) is 8.86. The van der Waals surface area contributed by atoms with Gasteiger partial charge in [0.15, 0.2) is 0 Å². The van der Waals surface area contributed by atoms with Gasteiger partial charge in [-0.25, -0.2) is 0 Å². The van der Waals surface area contributed by atoms with Crippen molar-refractivity contribution >= 4 is 11.9 Å². The van der Waals surface area contributed by atoms with E-state index in [9.17, 15) is 9.59 Å². The summed E-state index contributed by atoms with van der Waals surface area (Å²) < 4.78 is 0. The molecule has 0 aromatic carbocycles. The van der Waals surface area contributed by atoms with Crippen molar-refractivity contribution in [3.8, 4) is 0 Å². The van der Waals surface area contributed by atoms with Gasteiger partial charge >= 0.3 is 5.97 Å². The Morgan fingerprint density at radius 3 is 2.53 bits per heavy atom. The number of amides is 1. The van der Waals surface area contributed by atoms with Crippen molar-refractivity contribution in [1.29, 1.82) is 0 Å². The SMILES string of the molecule is CN1CCC(C(=O)N(CC(=O)O)CC2CC2)C1. The van der Waals surface area contributed by atoms with E-state index < -0.39 is 5.97 Å². The monoisotopic (exact) mass is 240 g/mol. The molecule has 2 rings (SSSR count). The lowest BCUT2D eigenvalue weighted by atomic mass is 10.1. The highest BCUT2D eigenvalue weighted by Crippen LogP contribution is 2.30. The third-order valence-corrected chi connectivity index (χ3v) is 3.55. The van der Waals surface area contributed by atoms with E-state index in [4.69, 9.17) is 5.11 Å². The first kappa shape index (κ1) is 12.4. The van der Waals surface area contributed by atoms with Crippen LogP contribution in [0.15, 0.2) is 0 Å². The Kier molecular flexibility index (Phi) is 3.66. The summed E-state index contributed by atoms with van der Waals surface area (Å²) in [6.07, 6.45) is 3.12. The van der Waals surface area contributed by atoms with Crippen LogP contribution in [0.4, 0.5) is 0 Å². The molecule has 0 aromatic heterocycles. The van der Waals surface area contributed by atoms with Gasteiger partial charge in [-0.15, -0.1) is 0 Å². The molecule has 5 heteroatoms. The van der Waals surface area contributed by atoms with E-state index in [1.165, 1.54) is 0 Å². The van der Waals surface area contributed by atoms with Crippen molar-refractivity contribution in [2.45, 2.75) is 19.3 Å². The normalized spacial score (nSPS) is 24.9. The number of likely N-dealkylation sites (tertiary alicyclic amines) is 1. The van der Waals surface area contributed by atoms with Crippen LogP contribution in [0.2, 0.25) is 0 Å². The Balaban J connectivity index is 1.93. The number of hydrogen-bond donors (Lipinski definition) is 1. The lowest BCUT2D eigenvalue weighted by Gasteiger charge is -2.23. The zero-order valence-electron chi connectivity index (χ0n) is 10.3. The molecular formula is C12H20N2O3.